The third-order valence-corrected chi connectivity index (χ3v) is 8.95. The molecule has 1 aliphatic rings. The largest absolute Gasteiger partial charge is 0.382 e. The van der Waals surface area contributed by atoms with Crippen LogP contribution in [0.2, 0.25) is 0 Å². The Kier molecular flexibility index (Phi) is 6.70. The van der Waals surface area contributed by atoms with Crippen LogP contribution in [-0.2, 0) is 23.0 Å². The molecular formula is C19H22FIN6O2S2. The van der Waals surface area contributed by atoms with Crippen LogP contribution in [0, 0.1) is 3.57 Å². The summed E-state index contributed by atoms with van der Waals surface area (Å²) in [6.45, 7) is 2.50. The van der Waals surface area contributed by atoms with Gasteiger partial charge >= 0.3 is 0 Å². The Morgan fingerprint density at radius 3 is 2.97 bits per heavy atom. The average Bonchev–Trinajstić information content (AvgIpc) is 3.24. The number of hydrogen-bond donors (Lipinski definition) is 2. The van der Waals surface area contributed by atoms with Gasteiger partial charge in [-0.2, -0.15) is 0 Å². The highest BCUT2D eigenvalue weighted by atomic mass is 127. The van der Waals surface area contributed by atoms with Crippen molar-refractivity contribution in [2.45, 2.75) is 49.0 Å². The van der Waals surface area contributed by atoms with Gasteiger partial charge in [0.15, 0.2) is 22.1 Å². The number of nitrogens with zero attached hydrogens (tertiary/aromatic N) is 4. The predicted octanol–water partition coefficient (Wildman–Crippen LogP) is 3.45. The molecule has 3 aromatic rings. The number of sulfonamides is 1. The van der Waals surface area contributed by atoms with Gasteiger partial charge in [-0.05, 0) is 65.1 Å². The molecule has 0 amide bonds. The number of benzene rings is 1. The van der Waals surface area contributed by atoms with E-state index < -0.39 is 16.2 Å². The van der Waals surface area contributed by atoms with Gasteiger partial charge in [-0.25, -0.2) is 32.5 Å². The zero-order chi connectivity index (χ0) is 22.2. The average molecular weight is 576 g/mol. The Balaban J connectivity index is 1.67. The minimum atomic E-state index is -3.33. The van der Waals surface area contributed by atoms with Crippen LogP contribution in [0.3, 0.4) is 0 Å². The van der Waals surface area contributed by atoms with E-state index in [1.165, 1.54) is 18.1 Å². The fraction of sp³-hybridized carbons (Fsp3) is 0.421. The first-order valence-corrected chi connectivity index (χ1v) is 13.4. The van der Waals surface area contributed by atoms with Gasteiger partial charge in [-0.3, -0.25) is 0 Å². The van der Waals surface area contributed by atoms with E-state index in [1.54, 1.807) is 6.92 Å². The number of aryl methyl sites for hydroxylation is 2. The van der Waals surface area contributed by atoms with Crippen LogP contribution >= 0.6 is 34.4 Å². The highest BCUT2D eigenvalue weighted by molar-refractivity contribution is 14.1. The van der Waals surface area contributed by atoms with Crippen molar-refractivity contribution in [2.24, 2.45) is 0 Å². The molecule has 3 N–H and O–H groups in total. The van der Waals surface area contributed by atoms with Gasteiger partial charge in [0.1, 0.15) is 12.5 Å². The number of aromatic nitrogens is 4. The van der Waals surface area contributed by atoms with Gasteiger partial charge in [0.25, 0.3) is 0 Å². The fourth-order valence-corrected chi connectivity index (χ4v) is 6.57. The van der Waals surface area contributed by atoms with Crippen LogP contribution in [0.5, 0.6) is 0 Å². The van der Waals surface area contributed by atoms with Gasteiger partial charge in [0.05, 0.1) is 5.75 Å². The van der Waals surface area contributed by atoms with Gasteiger partial charge in [-0.1, -0.05) is 18.7 Å². The zero-order valence-electron chi connectivity index (χ0n) is 16.8. The molecular weight excluding hydrogens is 554 g/mol. The molecule has 0 saturated carbocycles. The van der Waals surface area contributed by atoms with Gasteiger partial charge < -0.3 is 10.3 Å². The molecule has 0 radical (unpaired) electrons. The lowest BCUT2D eigenvalue weighted by atomic mass is 10.1. The van der Waals surface area contributed by atoms with Crippen LogP contribution < -0.4 is 10.5 Å². The molecule has 31 heavy (non-hydrogen) atoms. The summed E-state index contributed by atoms with van der Waals surface area (Å²) in [7, 11) is -3.33. The molecule has 0 aliphatic heterocycles. The van der Waals surface area contributed by atoms with E-state index in [0.29, 0.717) is 42.3 Å². The second kappa shape index (κ2) is 9.16. The van der Waals surface area contributed by atoms with E-state index in [0.717, 1.165) is 26.0 Å². The molecule has 4 rings (SSSR count). The Morgan fingerprint density at radius 2 is 2.19 bits per heavy atom. The maximum atomic E-state index is 14.3. The van der Waals surface area contributed by atoms with Crippen molar-refractivity contribution in [2.75, 3.05) is 18.0 Å². The van der Waals surface area contributed by atoms with Crippen molar-refractivity contribution < 1.29 is 12.8 Å². The first-order chi connectivity index (χ1) is 14.8. The molecule has 2 heterocycles. The first kappa shape index (κ1) is 22.7. The second-order valence-electron chi connectivity index (χ2n) is 7.24. The number of nitrogens with one attached hydrogen (secondary N) is 1. The summed E-state index contributed by atoms with van der Waals surface area (Å²) < 4.78 is 43.7. The SMILES string of the molecule is CCNS(=O)(=O)CCCn1c(Sc2cc3c(cc2I)CCC3F)nc2c(N)ncnc21. The summed E-state index contributed by atoms with van der Waals surface area (Å²) in [5.74, 6) is 0.254. The second-order valence-corrected chi connectivity index (χ2v) is 11.3. The van der Waals surface area contributed by atoms with E-state index in [-0.39, 0.29) is 11.6 Å². The van der Waals surface area contributed by atoms with Crippen molar-refractivity contribution in [3.63, 3.8) is 0 Å². The highest BCUT2D eigenvalue weighted by Gasteiger charge is 2.25. The normalized spacial score (nSPS) is 16.2. The smallest absolute Gasteiger partial charge is 0.211 e. The lowest BCUT2D eigenvalue weighted by molar-refractivity contribution is 0.343. The molecule has 0 spiro atoms. The minimum Gasteiger partial charge on any atom is -0.382 e. The number of rotatable bonds is 8. The van der Waals surface area contributed by atoms with Crippen LogP contribution in [0.15, 0.2) is 28.5 Å². The Bertz CT molecular complexity index is 1230. The van der Waals surface area contributed by atoms with E-state index >= 15 is 0 Å². The first-order valence-electron chi connectivity index (χ1n) is 9.87. The summed E-state index contributed by atoms with van der Waals surface area (Å²) in [5, 5.41) is 0.620. The Morgan fingerprint density at radius 1 is 1.39 bits per heavy atom. The number of halogens is 2. The van der Waals surface area contributed by atoms with Crippen LogP contribution in [0.4, 0.5) is 10.2 Å². The minimum absolute atomic E-state index is 0.00883. The summed E-state index contributed by atoms with van der Waals surface area (Å²) in [6, 6.07) is 3.93. The predicted molar refractivity (Wildman–Crippen MR) is 127 cm³/mol. The van der Waals surface area contributed by atoms with Crippen molar-refractivity contribution >= 4 is 61.4 Å². The lowest BCUT2D eigenvalue weighted by Gasteiger charge is -2.11. The van der Waals surface area contributed by atoms with Crippen molar-refractivity contribution in [3.8, 4) is 0 Å². The fourth-order valence-electron chi connectivity index (χ4n) is 3.65. The van der Waals surface area contributed by atoms with Crippen LogP contribution in [0.25, 0.3) is 11.2 Å². The maximum absolute atomic E-state index is 14.3. The van der Waals surface area contributed by atoms with Crippen molar-refractivity contribution in [1.29, 1.82) is 0 Å². The number of anilines is 1. The van der Waals surface area contributed by atoms with Gasteiger partial charge in [0, 0.05) is 21.6 Å². The van der Waals surface area contributed by atoms with E-state index in [9.17, 15) is 12.8 Å². The van der Waals surface area contributed by atoms with E-state index in [1.807, 2.05) is 16.7 Å². The number of imidazole rings is 1. The van der Waals surface area contributed by atoms with Crippen molar-refractivity contribution in [3.05, 3.63) is 33.2 Å². The van der Waals surface area contributed by atoms with Crippen LogP contribution in [0.1, 0.15) is 37.1 Å². The molecule has 1 aliphatic carbocycles. The van der Waals surface area contributed by atoms with Crippen LogP contribution in [-0.4, -0.2) is 40.2 Å². The molecule has 2 aromatic heterocycles. The summed E-state index contributed by atoms with van der Waals surface area (Å²) >= 11 is 3.65. The van der Waals surface area contributed by atoms with Gasteiger partial charge in [0.2, 0.25) is 10.0 Å². The van der Waals surface area contributed by atoms with E-state index in [4.69, 9.17) is 5.73 Å². The third kappa shape index (κ3) is 4.81. The zero-order valence-corrected chi connectivity index (χ0v) is 20.6. The Hall–Kier alpha value is -1.51. The number of hydrogen-bond acceptors (Lipinski definition) is 7. The number of alkyl halides is 1. The number of fused-ring (bicyclic) bond motifs is 2. The molecule has 1 aromatic carbocycles. The monoisotopic (exact) mass is 576 g/mol. The molecule has 12 heteroatoms. The molecule has 8 nitrogen and oxygen atoms in total. The van der Waals surface area contributed by atoms with Gasteiger partial charge in [-0.15, -0.1) is 0 Å². The summed E-state index contributed by atoms with van der Waals surface area (Å²) in [4.78, 5) is 13.9. The molecule has 0 saturated heterocycles. The molecule has 0 bridgehead atoms. The lowest BCUT2D eigenvalue weighted by Crippen LogP contribution is -2.26. The number of nitrogen functional groups attached to an aromatic ring is 1. The maximum Gasteiger partial charge on any atom is 0.211 e. The van der Waals surface area contributed by atoms with Crippen molar-refractivity contribution in [1.82, 2.24) is 24.2 Å². The molecule has 166 valence electrons. The molecule has 0 fully saturated rings. The molecule has 1 unspecified atom stereocenters. The summed E-state index contributed by atoms with van der Waals surface area (Å²) in [6.07, 6.45) is 2.08. The quantitative estimate of drug-likeness (QED) is 0.395. The molecule has 1 atom stereocenters. The topological polar surface area (TPSA) is 116 Å². The summed E-state index contributed by atoms with van der Waals surface area (Å²) in [5.41, 5.74) is 8.81. The Labute approximate surface area is 197 Å². The number of nitrogens with two attached hydrogens (primary N) is 1. The highest BCUT2D eigenvalue weighted by Crippen LogP contribution is 2.41. The standard InChI is InChI=1S/C19H22FIN6O2S2/c1-2-25-31(28,29)7-3-6-27-18-16(17(22)23-10-24-18)26-19(27)30-15-9-12-11(8-14(15)21)4-5-13(12)20/h8-10,13,25H,2-7H2,1H3,(H2,22,23,24). The third-order valence-electron chi connectivity index (χ3n) is 5.08. The van der Waals surface area contributed by atoms with E-state index in [2.05, 4.69) is 42.3 Å².